The molecule has 3 rings (SSSR count). The first-order chi connectivity index (χ1) is 11.7. The first kappa shape index (κ1) is 16.0. The highest BCUT2D eigenvalue weighted by atomic mass is 32.2. The average Bonchev–Trinajstić information content (AvgIpc) is 2.61. The van der Waals surface area contributed by atoms with Gasteiger partial charge in [0.25, 0.3) is 0 Å². The minimum atomic E-state index is -0.204. The number of rotatable bonds is 5. The van der Waals surface area contributed by atoms with Crippen molar-refractivity contribution in [3.8, 4) is 5.75 Å². The number of fused-ring (bicyclic) bond motifs is 1. The first-order valence-electron chi connectivity index (χ1n) is 7.30. The van der Waals surface area contributed by atoms with Crippen LogP contribution in [0, 0.1) is 0 Å². The lowest BCUT2D eigenvalue weighted by molar-refractivity contribution is -0.118. The fourth-order valence-corrected chi connectivity index (χ4v) is 2.71. The quantitative estimate of drug-likeness (QED) is 0.426. The number of phenolic OH excluding ortho intramolecular Hbond substituents is 1. The van der Waals surface area contributed by atoms with Gasteiger partial charge in [0.15, 0.2) is 0 Å². The Morgan fingerprint density at radius 3 is 2.75 bits per heavy atom. The second-order valence-electron chi connectivity index (χ2n) is 5.02. The van der Waals surface area contributed by atoms with E-state index in [9.17, 15) is 9.90 Å². The number of carbonyl (C=O) groups is 1. The van der Waals surface area contributed by atoms with Gasteiger partial charge in [-0.05, 0) is 42.0 Å². The molecule has 0 bridgehead atoms. The van der Waals surface area contributed by atoms with Crippen molar-refractivity contribution >= 4 is 34.8 Å². The molecule has 0 unspecified atom stereocenters. The molecule has 0 fully saturated rings. The number of phenols is 1. The van der Waals surface area contributed by atoms with E-state index in [4.69, 9.17) is 0 Å². The van der Waals surface area contributed by atoms with Crippen molar-refractivity contribution < 1.29 is 9.90 Å². The Bertz CT molecular complexity index is 879. The third-order valence-corrected chi connectivity index (χ3v) is 4.15. The summed E-state index contributed by atoms with van der Waals surface area (Å²) < 4.78 is 0. The van der Waals surface area contributed by atoms with Gasteiger partial charge in [-0.3, -0.25) is 4.79 Å². The van der Waals surface area contributed by atoms with Crippen LogP contribution in [-0.4, -0.2) is 28.0 Å². The molecule has 0 spiro atoms. The number of benzene rings is 2. The molecule has 5 nitrogen and oxygen atoms in total. The summed E-state index contributed by atoms with van der Waals surface area (Å²) in [7, 11) is 0. The molecule has 6 heteroatoms. The number of nitrogens with one attached hydrogen (secondary N) is 1. The standard InChI is InChI=1S/C18H15N3O2S/c22-15-8-5-13(6-9-15)11-19-21-17(23)12-24-18-10-7-14-3-1-2-4-16(14)20-18/h1-11,22H,12H2,(H,21,23)/b19-11-. The van der Waals surface area contributed by atoms with Crippen LogP contribution in [-0.2, 0) is 4.79 Å². The minimum absolute atomic E-state index is 0.190. The summed E-state index contributed by atoms with van der Waals surface area (Å²) in [6.45, 7) is 0. The highest BCUT2D eigenvalue weighted by Gasteiger charge is 2.03. The predicted octanol–water partition coefficient (Wildman–Crippen LogP) is 3.18. The largest absolute Gasteiger partial charge is 0.508 e. The molecule has 0 saturated heterocycles. The number of amides is 1. The number of nitrogens with zero attached hydrogens (tertiary/aromatic N) is 2. The lowest BCUT2D eigenvalue weighted by Gasteiger charge is -2.02. The van der Waals surface area contributed by atoms with Gasteiger partial charge in [-0.1, -0.05) is 36.0 Å². The molecule has 0 saturated carbocycles. The summed E-state index contributed by atoms with van der Waals surface area (Å²) in [5.74, 6) is 0.221. The fourth-order valence-electron chi connectivity index (χ4n) is 2.04. The maximum atomic E-state index is 11.8. The van der Waals surface area contributed by atoms with E-state index in [2.05, 4.69) is 15.5 Å². The molecule has 2 aromatic carbocycles. The number of hydrogen-bond acceptors (Lipinski definition) is 5. The molecule has 1 aromatic heterocycles. The molecule has 3 aromatic rings. The van der Waals surface area contributed by atoms with E-state index in [1.165, 1.54) is 18.0 Å². The van der Waals surface area contributed by atoms with Gasteiger partial charge in [-0.15, -0.1) is 0 Å². The Hall–Kier alpha value is -2.86. The van der Waals surface area contributed by atoms with Crippen LogP contribution in [0.2, 0.25) is 0 Å². The Morgan fingerprint density at radius 1 is 1.12 bits per heavy atom. The zero-order valence-corrected chi connectivity index (χ0v) is 13.5. The fraction of sp³-hybridized carbons (Fsp3) is 0.0556. The van der Waals surface area contributed by atoms with Gasteiger partial charge in [0, 0.05) is 5.39 Å². The molecular weight excluding hydrogens is 322 g/mol. The first-order valence-corrected chi connectivity index (χ1v) is 8.29. The van der Waals surface area contributed by atoms with E-state index in [-0.39, 0.29) is 17.4 Å². The lowest BCUT2D eigenvalue weighted by atomic mass is 10.2. The highest BCUT2D eigenvalue weighted by molar-refractivity contribution is 7.99. The van der Waals surface area contributed by atoms with Crippen molar-refractivity contribution in [1.29, 1.82) is 0 Å². The van der Waals surface area contributed by atoms with Gasteiger partial charge >= 0.3 is 0 Å². The summed E-state index contributed by atoms with van der Waals surface area (Å²) in [5.41, 5.74) is 4.17. The van der Waals surface area contributed by atoms with Crippen LogP contribution in [0.1, 0.15) is 5.56 Å². The van der Waals surface area contributed by atoms with E-state index in [1.54, 1.807) is 24.3 Å². The number of aromatic hydroxyl groups is 1. The smallest absolute Gasteiger partial charge is 0.250 e. The Morgan fingerprint density at radius 2 is 1.92 bits per heavy atom. The molecular formula is C18H15N3O2S. The van der Waals surface area contributed by atoms with Gasteiger partial charge in [-0.25, -0.2) is 10.4 Å². The normalized spacial score (nSPS) is 11.0. The van der Waals surface area contributed by atoms with Crippen molar-refractivity contribution in [3.63, 3.8) is 0 Å². The molecule has 0 atom stereocenters. The van der Waals surface area contributed by atoms with Gasteiger partial charge in [0.2, 0.25) is 5.91 Å². The molecule has 1 amide bonds. The Kier molecular flexibility index (Phi) is 5.08. The number of thioether (sulfide) groups is 1. The third kappa shape index (κ3) is 4.33. The number of carbonyl (C=O) groups excluding carboxylic acids is 1. The molecule has 0 aliphatic rings. The highest BCUT2D eigenvalue weighted by Crippen LogP contribution is 2.19. The minimum Gasteiger partial charge on any atom is -0.508 e. The maximum absolute atomic E-state index is 11.8. The van der Waals surface area contributed by atoms with Crippen LogP contribution < -0.4 is 5.43 Å². The molecule has 0 aliphatic heterocycles. The summed E-state index contributed by atoms with van der Waals surface area (Å²) in [6, 6.07) is 18.3. The monoisotopic (exact) mass is 337 g/mol. The SMILES string of the molecule is O=C(CSc1ccc2ccccc2n1)N/N=C\c1ccc(O)cc1. The van der Waals surface area contributed by atoms with Gasteiger partial charge in [0.1, 0.15) is 5.75 Å². The van der Waals surface area contributed by atoms with Crippen molar-refractivity contribution in [2.75, 3.05) is 5.75 Å². The van der Waals surface area contributed by atoms with Crippen molar-refractivity contribution in [2.24, 2.45) is 5.10 Å². The lowest BCUT2D eigenvalue weighted by Crippen LogP contribution is -2.19. The molecule has 0 aliphatic carbocycles. The van der Waals surface area contributed by atoms with E-state index in [1.807, 2.05) is 36.4 Å². The van der Waals surface area contributed by atoms with Crippen LogP contribution in [0.4, 0.5) is 0 Å². The Labute approximate surface area is 143 Å². The molecule has 2 N–H and O–H groups in total. The summed E-state index contributed by atoms with van der Waals surface area (Å²) in [5, 5.41) is 15.0. The van der Waals surface area contributed by atoms with E-state index < -0.39 is 0 Å². The van der Waals surface area contributed by atoms with Crippen molar-refractivity contribution in [1.82, 2.24) is 10.4 Å². The molecule has 24 heavy (non-hydrogen) atoms. The number of pyridine rings is 1. The topological polar surface area (TPSA) is 74.6 Å². The number of hydrazone groups is 1. The van der Waals surface area contributed by atoms with Crippen LogP contribution >= 0.6 is 11.8 Å². The molecule has 0 radical (unpaired) electrons. The van der Waals surface area contributed by atoms with Crippen LogP contribution in [0.5, 0.6) is 5.75 Å². The molecule has 1 heterocycles. The zero-order chi connectivity index (χ0) is 16.8. The van der Waals surface area contributed by atoms with E-state index >= 15 is 0 Å². The summed E-state index contributed by atoms with van der Waals surface area (Å²) in [6.07, 6.45) is 1.52. The number of hydrogen-bond donors (Lipinski definition) is 2. The van der Waals surface area contributed by atoms with Gasteiger partial charge in [0.05, 0.1) is 22.5 Å². The second kappa shape index (κ2) is 7.61. The Balaban J connectivity index is 1.52. The number of para-hydroxylation sites is 1. The van der Waals surface area contributed by atoms with Crippen molar-refractivity contribution in [2.45, 2.75) is 5.03 Å². The number of aromatic nitrogens is 1. The van der Waals surface area contributed by atoms with E-state index in [0.29, 0.717) is 0 Å². The third-order valence-electron chi connectivity index (χ3n) is 3.22. The predicted molar refractivity (Wildman–Crippen MR) is 96.3 cm³/mol. The maximum Gasteiger partial charge on any atom is 0.250 e. The van der Waals surface area contributed by atoms with Crippen LogP contribution in [0.25, 0.3) is 10.9 Å². The van der Waals surface area contributed by atoms with Gasteiger partial charge in [-0.2, -0.15) is 5.10 Å². The summed E-state index contributed by atoms with van der Waals surface area (Å²) in [4.78, 5) is 16.3. The molecule has 120 valence electrons. The van der Waals surface area contributed by atoms with E-state index in [0.717, 1.165) is 21.5 Å². The van der Waals surface area contributed by atoms with Crippen LogP contribution in [0.3, 0.4) is 0 Å². The summed E-state index contributed by atoms with van der Waals surface area (Å²) >= 11 is 1.36. The van der Waals surface area contributed by atoms with Crippen molar-refractivity contribution in [3.05, 3.63) is 66.2 Å². The van der Waals surface area contributed by atoms with Crippen LogP contribution in [0.15, 0.2) is 70.8 Å². The van der Waals surface area contributed by atoms with Gasteiger partial charge < -0.3 is 5.11 Å². The second-order valence-corrected chi connectivity index (χ2v) is 6.01. The average molecular weight is 337 g/mol. The zero-order valence-electron chi connectivity index (χ0n) is 12.7.